The molecule has 18 heavy (non-hydrogen) atoms. The number of carboxylic acids is 1. The second-order valence-corrected chi connectivity index (χ2v) is 4.46. The van der Waals surface area contributed by atoms with Crippen LogP contribution in [0.1, 0.15) is 29.6 Å². The molecule has 98 valence electrons. The Morgan fingerprint density at radius 1 is 1.56 bits per heavy atom. The molecular formula is C13H18N2O3. The molecule has 1 heterocycles. The first-order chi connectivity index (χ1) is 8.66. The predicted molar refractivity (Wildman–Crippen MR) is 69.9 cm³/mol. The molecule has 5 nitrogen and oxygen atoms in total. The van der Waals surface area contributed by atoms with Crippen molar-refractivity contribution < 1.29 is 14.6 Å². The van der Waals surface area contributed by atoms with E-state index in [1.165, 1.54) is 6.07 Å². The average molecular weight is 250 g/mol. The molecule has 0 amide bonds. The van der Waals surface area contributed by atoms with Crippen molar-refractivity contribution in [3.05, 3.63) is 23.8 Å². The van der Waals surface area contributed by atoms with Gasteiger partial charge < -0.3 is 20.9 Å². The van der Waals surface area contributed by atoms with Crippen LogP contribution in [-0.2, 0) is 4.74 Å². The molecule has 0 radical (unpaired) electrons. The molecular weight excluding hydrogens is 232 g/mol. The number of nitrogen functional groups attached to an aromatic ring is 1. The zero-order valence-electron chi connectivity index (χ0n) is 10.2. The molecule has 0 spiro atoms. The first kappa shape index (κ1) is 12.7. The Balaban J connectivity index is 1.85. The van der Waals surface area contributed by atoms with Crippen LogP contribution in [0.15, 0.2) is 18.2 Å². The summed E-state index contributed by atoms with van der Waals surface area (Å²) in [6, 6.07) is 4.90. The molecule has 0 aromatic heterocycles. The maximum Gasteiger partial charge on any atom is 0.337 e. The van der Waals surface area contributed by atoms with E-state index in [0.29, 0.717) is 6.10 Å². The summed E-state index contributed by atoms with van der Waals surface area (Å²) in [6.07, 6.45) is 3.58. The lowest BCUT2D eigenvalue weighted by Crippen LogP contribution is -2.12. The molecule has 1 aliphatic heterocycles. The molecule has 2 rings (SSSR count). The largest absolute Gasteiger partial charge is 0.478 e. The van der Waals surface area contributed by atoms with Crippen molar-refractivity contribution >= 4 is 17.3 Å². The van der Waals surface area contributed by atoms with Crippen molar-refractivity contribution in [3.63, 3.8) is 0 Å². The molecule has 1 aromatic rings. The second kappa shape index (κ2) is 5.73. The van der Waals surface area contributed by atoms with E-state index >= 15 is 0 Å². The summed E-state index contributed by atoms with van der Waals surface area (Å²) in [5.41, 5.74) is 6.93. The SMILES string of the molecule is Nc1cc(NCCC2CCCO2)ccc1C(=O)O. The number of rotatable bonds is 5. The summed E-state index contributed by atoms with van der Waals surface area (Å²) in [4.78, 5) is 10.8. The number of anilines is 2. The first-order valence-electron chi connectivity index (χ1n) is 6.15. The van der Waals surface area contributed by atoms with E-state index < -0.39 is 5.97 Å². The minimum Gasteiger partial charge on any atom is -0.478 e. The highest BCUT2D eigenvalue weighted by Gasteiger charge is 2.14. The first-order valence-corrected chi connectivity index (χ1v) is 6.15. The highest BCUT2D eigenvalue weighted by molar-refractivity contribution is 5.94. The summed E-state index contributed by atoms with van der Waals surface area (Å²) in [5, 5.41) is 12.1. The molecule has 1 fully saturated rings. The quantitative estimate of drug-likeness (QED) is 0.695. The van der Waals surface area contributed by atoms with Crippen LogP contribution in [0.4, 0.5) is 11.4 Å². The standard InChI is InChI=1S/C13H18N2O3/c14-12-8-9(3-4-11(12)13(16)17)15-6-5-10-2-1-7-18-10/h3-4,8,10,15H,1-2,5-7,14H2,(H,16,17). The second-order valence-electron chi connectivity index (χ2n) is 4.46. The Morgan fingerprint density at radius 2 is 2.39 bits per heavy atom. The molecule has 1 aliphatic rings. The topological polar surface area (TPSA) is 84.6 Å². The fourth-order valence-electron chi connectivity index (χ4n) is 2.12. The van der Waals surface area contributed by atoms with Crippen molar-refractivity contribution in [2.45, 2.75) is 25.4 Å². The monoisotopic (exact) mass is 250 g/mol. The highest BCUT2D eigenvalue weighted by atomic mass is 16.5. The zero-order chi connectivity index (χ0) is 13.0. The summed E-state index contributed by atoms with van der Waals surface area (Å²) < 4.78 is 5.52. The van der Waals surface area contributed by atoms with Gasteiger partial charge in [-0.25, -0.2) is 4.79 Å². The van der Waals surface area contributed by atoms with E-state index in [9.17, 15) is 4.79 Å². The molecule has 1 saturated heterocycles. The van der Waals surface area contributed by atoms with E-state index in [-0.39, 0.29) is 11.3 Å². The third-order valence-corrected chi connectivity index (χ3v) is 3.10. The van der Waals surface area contributed by atoms with Gasteiger partial charge in [0.1, 0.15) is 0 Å². The van der Waals surface area contributed by atoms with Crippen molar-refractivity contribution in [1.29, 1.82) is 0 Å². The van der Waals surface area contributed by atoms with Crippen LogP contribution in [0.2, 0.25) is 0 Å². The Bertz CT molecular complexity index is 428. The summed E-state index contributed by atoms with van der Waals surface area (Å²) in [6.45, 7) is 1.67. The van der Waals surface area contributed by atoms with Crippen LogP contribution in [-0.4, -0.2) is 30.3 Å². The average Bonchev–Trinajstić information content (AvgIpc) is 2.81. The third kappa shape index (κ3) is 3.13. The lowest BCUT2D eigenvalue weighted by atomic mass is 10.1. The molecule has 4 N–H and O–H groups in total. The van der Waals surface area contributed by atoms with Gasteiger partial charge in [-0.3, -0.25) is 0 Å². The smallest absolute Gasteiger partial charge is 0.337 e. The summed E-state index contributed by atoms with van der Waals surface area (Å²) >= 11 is 0. The van der Waals surface area contributed by atoms with E-state index in [1.807, 2.05) is 0 Å². The van der Waals surface area contributed by atoms with Crippen LogP contribution in [0.25, 0.3) is 0 Å². The van der Waals surface area contributed by atoms with Crippen LogP contribution in [0, 0.1) is 0 Å². The van der Waals surface area contributed by atoms with Crippen molar-refractivity contribution in [2.75, 3.05) is 24.2 Å². The molecule has 0 saturated carbocycles. The Hall–Kier alpha value is -1.75. The molecule has 0 aliphatic carbocycles. The molecule has 1 unspecified atom stereocenters. The van der Waals surface area contributed by atoms with Gasteiger partial charge in [0, 0.05) is 24.5 Å². The number of carboxylic acid groups (broad SMARTS) is 1. The molecule has 5 heteroatoms. The number of nitrogens with two attached hydrogens (primary N) is 1. The van der Waals surface area contributed by atoms with Crippen LogP contribution in [0.3, 0.4) is 0 Å². The summed E-state index contributed by atoms with van der Waals surface area (Å²) in [5.74, 6) is -1.00. The lowest BCUT2D eigenvalue weighted by molar-refractivity contribution is 0.0698. The normalized spacial score (nSPS) is 18.8. The van der Waals surface area contributed by atoms with Gasteiger partial charge in [0.05, 0.1) is 11.7 Å². The van der Waals surface area contributed by atoms with Gasteiger partial charge in [-0.2, -0.15) is 0 Å². The van der Waals surface area contributed by atoms with Gasteiger partial charge in [0.15, 0.2) is 0 Å². The van der Waals surface area contributed by atoms with Crippen LogP contribution < -0.4 is 11.1 Å². The zero-order valence-corrected chi connectivity index (χ0v) is 10.2. The molecule has 1 atom stereocenters. The molecule has 0 bridgehead atoms. The number of nitrogens with one attached hydrogen (secondary N) is 1. The van der Waals surface area contributed by atoms with E-state index in [1.54, 1.807) is 12.1 Å². The number of hydrogen-bond acceptors (Lipinski definition) is 4. The number of aromatic carboxylic acids is 1. The van der Waals surface area contributed by atoms with E-state index in [0.717, 1.165) is 38.1 Å². The van der Waals surface area contributed by atoms with Gasteiger partial charge in [0.25, 0.3) is 0 Å². The van der Waals surface area contributed by atoms with Crippen LogP contribution >= 0.6 is 0 Å². The van der Waals surface area contributed by atoms with E-state index in [2.05, 4.69) is 5.32 Å². The number of hydrogen-bond donors (Lipinski definition) is 3. The van der Waals surface area contributed by atoms with Crippen molar-refractivity contribution in [1.82, 2.24) is 0 Å². The highest BCUT2D eigenvalue weighted by Crippen LogP contribution is 2.19. The maximum atomic E-state index is 10.8. The lowest BCUT2D eigenvalue weighted by Gasteiger charge is -2.11. The van der Waals surface area contributed by atoms with Gasteiger partial charge in [-0.05, 0) is 37.5 Å². The summed E-state index contributed by atoms with van der Waals surface area (Å²) in [7, 11) is 0. The van der Waals surface area contributed by atoms with Gasteiger partial charge in [-0.15, -0.1) is 0 Å². The number of benzene rings is 1. The van der Waals surface area contributed by atoms with Crippen molar-refractivity contribution in [3.8, 4) is 0 Å². The molecule has 1 aromatic carbocycles. The fourth-order valence-corrected chi connectivity index (χ4v) is 2.12. The Labute approximate surface area is 106 Å². The van der Waals surface area contributed by atoms with Gasteiger partial charge in [0.2, 0.25) is 0 Å². The van der Waals surface area contributed by atoms with Crippen LogP contribution in [0.5, 0.6) is 0 Å². The Kier molecular flexibility index (Phi) is 4.04. The minimum atomic E-state index is -1.00. The fraction of sp³-hybridized carbons (Fsp3) is 0.462. The van der Waals surface area contributed by atoms with Gasteiger partial charge >= 0.3 is 5.97 Å². The number of carbonyl (C=O) groups is 1. The van der Waals surface area contributed by atoms with Gasteiger partial charge in [-0.1, -0.05) is 0 Å². The maximum absolute atomic E-state index is 10.8. The number of ether oxygens (including phenoxy) is 1. The van der Waals surface area contributed by atoms with Crippen molar-refractivity contribution in [2.24, 2.45) is 0 Å². The van der Waals surface area contributed by atoms with E-state index in [4.69, 9.17) is 15.6 Å². The third-order valence-electron chi connectivity index (χ3n) is 3.10. The Morgan fingerprint density at radius 3 is 3.00 bits per heavy atom. The predicted octanol–water partition coefficient (Wildman–Crippen LogP) is 1.95. The minimum absolute atomic E-state index is 0.139.